The molecule has 0 fully saturated rings. The number of methoxy groups -OCH3 is 4. The standard InChI is InChI=1S/C21H22O7/c1-24-16-8-12(5-6-19(22)23)7-14-11-15(28-20(14)16)13-9-17(25-2)21(27-4)18(10-13)26-3/h7-11H,5-6H2,1-4H3,(H,22,23). The molecular weight excluding hydrogens is 364 g/mol. The molecule has 0 atom stereocenters. The van der Waals surface area contributed by atoms with Crippen LogP contribution in [-0.4, -0.2) is 39.5 Å². The van der Waals surface area contributed by atoms with Crippen LogP contribution >= 0.6 is 0 Å². The van der Waals surface area contributed by atoms with E-state index in [-0.39, 0.29) is 6.42 Å². The third-order valence-corrected chi connectivity index (χ3v) is 4.44. The van der Waals surface area contributed by atoms with Gasteiger partial charge in [0.05, 0.1) is 28.4 Å². The topological polar surface area (TPSA) is 87.4 Å². The summed E-state index contributed by atoms with van der Waals surface area (Å²) in [6.45, 7) is 0. The van der Waals surface area contributed by atoms with Crippen LogP contribution in [0, 0.1) is 0 Å². The van der Waals surface area contributed by atoms with Crippen LogP contribution in [0.2, 0.25) is 0 Å². The number of carboxylic acid groups (broad SMARTS) is 1. The Kier molecular flexibility index (Phi) is 5.63. The van der Waals surface area contributed by atoms with Gasteiger partial charge in [0.1, 0.15) is 5.76 Å². The zero-order valence-corrected chi connectivity index (χ0v) is 16.2. The summed E-state index contributed by atoms with van der Waals surface area (Å²) >= 11 is 0. The Morgan fingerprint density at radius 1 is 0.893 bits per heavy atom. The first-order valence-electron chi connectivity index (χ1n) is 8.63. The summed E-state index contributed by atoms with van der Waals surface area (Å²) in [5, 5.41) is 9.75. The number of furan rings is 1. The summed E-state index contributed by atoms with van der Waals surface area (Å²) in [6, 6.07) is 9.19. The molecule has 0 saturated heterocycles. The number of ether oxygens (including phenoxy) is 4. The van der Waals surface area contributed by atoms with Gasteiger partial charge >= 0.3 is 5.97 Å². The molecule has 0 aliphatic carbocycles. The number of fused-ring (bicyclic) bond motifs is 1. The Morgan fingerprint density at radius 2 is 1.54 bits per heavy atom. The molecule has 7 heteroatoms. The quantitative estimate of drug-likeness (QED) is 0.622. The zero-order chi connectivity index (χ0) is 20.3. The summed E-state index contributed by atoms with van der Waals surface area (Å²) in [5.74, 6) is 1.85. The monoisotopic (exact) mass is 386 g/mol. The van der Waals surface area contributed by atoms with Crippen LogP contribution < -0.4 is 18.9 Å². The van der Waals surface area contributed by atoms with Crippen LogP contribution in [0.3, 0.4) is 0 Å². The zero-order valence-electron chi connectivity index (χ0n) is 16.2. The van der Waals surface area contributed by atoms with E-state index in [1.807, 2.05) is 12.1 Å². The molecule has 0 spiro atoms. The highest BCUT2D eigenvalue weighted by Gasteiger charge is 2.18. The van der Waals surface area contributed by atoms with Crippen LogP contribution in [-0.2, 0) is 11.2 Å². The fourth-order valence-corrected chi connectivity index (χ4v) is 3.09. The first-order chi connectivity index (χ1) is 13.5. The summed E-state index contributed by atoms with van der Waals surface area (Å²) in [4.78, 5) is 10.9. The molecule has 3 rings (SSSR count). The molecule has 1 heterocycles. The summed E-state index contributed by atoms with van der Waals surface area (Å²) in [6.07, 6.45) is 0.457. The maximum absolute atomic E-state index is 10.9. The van der Waals surface area contributed by atoms with Crippen molar-refractivity contribution in [2.45, 2.75) is 12.8 Å². The predicted octanol–water partition coefficient (Wildman–Crippen LogP) is 4.15. The molecule has 0 saturated carbocycles. The van der Waals surface area contributed by atoms with E-state index in [0.29, 0.717) is 40.8 Å². The van der Waals surface area contributed by atoms with E-state index in [1.54, 1.807) is 46.6 Å². The second kappa shape index (κ2) is 8.12. The van der Waals surface area contributed by atoms with Crippen molar-refractivity contribution in [2.24, 2.45) is 0 Å². The van der Waals surface area contributed by atoms with Crippen molar-refractivity contribution in [3.8, 4) is 34.3 Å². The van der Waals surface area contributed by atoms with Crippen molar-refractivity contribution in [2.75, 3.05) is 28.4 Å². The van der Waals surface area contributed by atoms with Gasteiger partial charge in [0.25, 0.3) is 0 Å². The minimum atomic E-state index is -0.843. The maximum atomic E-state index is 10.9. The molecule has 2 aromatic carbocycles. The van der Waals surface area contributed by atoms with Gasteiger partial charge in [0.2, 0.25) is 5.75 Å². The van der Waals surface area contributed by atoms with E-state index >= 15 is 0 Å². The van der Waals surface area contributed by atoms with Crippen molar-refractivity contribution in [3.05, 3.63) is 35.9 Å². The highest BCUT2D eigenvalue weighted by atomic mass is 16.5. The second-order valence-electron chi connectivity index (χ2n) is 6.13. The molecule has 7 nitrogen and oxygen atoms in total. The summed E-state index contributed by atoms with van der Waals surface area (Å²) in [7, 11) is 6.21. The second-order valence-corrected chi connectivity index (χ2v) is 6.13. The van der Waals surface area contributed by atoms with Gasteiger partial charge in [-0.1, -0.05) is 0 Å². The molecule has 0 aliphatic rings. The highest BCUT2D eigenvalue weighted by molar-refractivity contribution is 5.88. The third-order valence-electron chi connectivity index (χ3n) is 4.44. The fourth-order valence-electron chi connectivity index (χ4n) is 3.09. The normalized spacial score (nSPS) is 10.7. The summed E-state index contributed by atoms with van der Waals surface area (Å²) in [5.41, 5.74) is 2.20. The Bertz CT molecular complexity index is 978. The van der Waals surface area contributed by atoms with Gasteiger partial charge in [-0.15, -0.1) is 0 Å². The van der Waals surface area contributed by atoms with Crippen molar-refractivity contribution >= 4 is 16.9 Å². The molecule has 0 aliphatic heterocycles. The molecular formula is C21H22O7. The van der Waals surface area contributed by atoms with Crippen molar-refractivity contribution in [1.29, 1.82) is 0 Å². The number of carbonyl (C=O) groups is 1. The number of carboxylic acids is 1. The van der Waals surface area contributed by atoms with E-state index < -0.39 is 5.97 Å². The van der Waals surface area contributed by atoms with E-state index in [2.05, 4.69) is 0 Å². The molecule has 1 aromatic heterocycles. The molecule has 0 radical (unpaired) electrons. The number of aryl methyl sites for hydroxylation is 1. The average molecular weight is 386 g/mol. The lowest BCUT2D eigenvalue weighted by Crippen LogP contribution is -1.97. The van der Waals surface area contributed by atoms with Crippen LogP contribution in [0.1, 0.15) is 12.0 Å². The van der Waals surface area contributed by atoms with E-state index in [1.165, 1.54) is 0 Å². The van der Waals surface area contributed by atoms with Crippen LogP contribution in [0.15, 0.2) is 34.7 Å². The van der Waals surface area contributed by atoms with Gasteiger partial charge in [-0.3, -0.25) is 4.79 Å². The highest BCUT2D eigenvalue weighted by Crippen LogP contribution is 2.43. The van der Waals surface area contributed by atoms with E-state index in [4.69, 9.17) is 28.5 Å². The number of aliphatic carboxylic acids is 1. The molecule has 28 heavy (non-hydrogen) atoms. The SMILES string of the molecule is COc1cc(-c2cc3cc(CCC(=O)O)cc(OC)c3o2)cc(OC)c1OC. The van der Waals surface area contributed by atoms with Crippen molar-refractivity contribution in [3.63, 3.8) is 0 Å². The Balaban J connectivity index is 2.10. The fraction of sp³-hybridized carbons (Fsp3) is 0.286. The molecule has 0 bridgehead atoms. The van der Waals surface area contributed by atoms with Gasteiger partial charge in [-0.05, 0) is 42.3 Å². The lowest BCUT2D eigenvalue weighted by Gasteiger charge is -2.13. The van der Waals surface area contributed by atoms with Gasteiger partial charge < -0.3 is 28.5 Å². The molecule has 0 amide bonds. The minimum Gasteiger partial charge on any atom is -0.493 e. The third kappa shape index (κ3) is 3.69. The summed E-state index contributed by atoms with van der Waals surface area (Å²) < 4.78 is 27.6. The van der Waals surface area contributed by atoms with Crippen LogP contribution in [0.4, 0.5) is 0 Å². The van der Waals surface area contributed by atoms with Gasteiger partial charge in [-0.25, -0.2) is 0 Å². The van der Waals surface area contributed by atoms with Crippen molar-refractivity contribution in [1.82, 2.24) is 0 Å². The molecule has 148 valence electrons. The number of hydrogen-bond donors (Lipinski definition) is 1. The average Bonchev–Trinajstić information content (AvgIpc) is 3.14. The van der Waals surface area contributed by atoms with E-state index in [0.717, 1.165) is 16.5 Å². The molecule has 3 aromatic rings. The van der Waals surface area contributed by atoms with E-state index in [9.17, 15) is 4.79 Å². The Hall–Kier alpha value is -3.35. The predicted molar refractivity (Wildman–Crippen MR) is 104 cm³/mol. The first kappa shape index (κ1) is 19.4. The lowest BCUT2D eigenvalue weighted by molar-refractivity contribution is -0.136. The van der Waals surface area contributed by atoms with Gasteiger partial charge in [-0.2, -0.15) is 0 Å². The number of rotatable bonds is 8. The molecule has 1 N–H and O–H groups in total. The Morgan fingerprint density at radius 3 is 2.07 bits per heavy atom. The Labute approximate surface area is 162 Å². The minimum absolute atomic E-state index is 0.0479. The van der Waals surface area contributed by atoms with Gasteiger partial charge in [0, 0.05) is 17.4 Å². The van der Waals surface area contributed by atoms with Crippen molar-refractivity contribution < 1.29 is 33.3 Å². The number of benzene rings is 2. The van der Waals surface area contributed by atoms with Crippen LogP contribution in [0.5, 0.6) is 23.0 Å². The smallest absolute Gasteiger partial charge is 0.303 e. The number of hydrogen-bond acceptors (Lipinski definition) is 6. The lowest BCUT2D eigenvalue weighted by atomic mass is 10.1. The first-order valence-corrected chi connectivity index (χ1v) is 8.63. The maximum Gasteiger partial charge on any atom is 0.303 e. The molecule has 0 unspecified atom stereocenters. The largest absolute Gasteiger partial charge is 0.493 e. The van der Waals surface area contributed by atoms with Crippen LogP contribution in [0.25, 0.3) is 22.3 Å². The van der Waals surface area contributed by atoms with Gasteiger partial charge in [0.15, 0.2) is 22.8 Å².